The second kappa shape index (κ2) is 9.53. The molecule has 3 N–H and O–H groups in total. The first-order chi connectivity index (χ1) is 13.5. The van der Waals surface area contributed by atoms with Gasteiger partial charge in [-0.1, -0.05) is 41.7 Å². The maximum absolute atomic E-state index is 12.4. The minimum atomic E-state index is -0.686. The third-order valence-corrected chi connectivity index (χ3v) is 5.84. The fourth-order valence-corrected chi connectivity index (χ4v) is 4.34. The van der Waals surface area contributed by atoms with Crippen molar-refractivity contribution in [2.24, 2.45) is 5.41 Å². The molecular formula is C19H26N4O4S. The molecule has 0 aliphatic carbocycles. The molecule has 9 heteroatoms. The molecule has 8 nitrogen and oxygen atoms in total. The number of methoxy groups -OCH3 is 1. The summed E-state index contributed by atoms with van der Waals surface area (Å²) in [5.41, 5.74) is 0.371. The highest BCUT2D eigenvalue weighted by Gasteiger charge is 2.42. The van der Waals surface area contributed by atoms with Gasteiger partial charge in [-0.15, -0.1) is 10.2 Å². The maximum Gasteiger partial charge on any atom is 0.240 e. The van der Waals surface area contributed by atoms with Gasteiger partial charge in [-0.05, 0) is 18.4 Å². The Bertz CT molecular complexity index is 772. The zero-order valence-electron chi connectivity index (χ0n) is 15.9. The smallest absolute Gasteiger partial charge is 0.240 e. The minimum Gasteiger partial charge on any atom is -0.396 e. The Kier molecular flexibility index (Phi) is 7.08. The lowest BCUT2D eigenvalue weighted by molar-refractivity contribution is -0.121. The molecule has 0 bridgehead atoms. The molecule has 1 aromatic heterocycles. The van der Waals surface area contributed by atoms with Crippen molar-refractivity contribution in [2.75, 3.05) is 38.7 Å². The zero-order chi connectivity index (χ0) is 20.0. The van der Waals surface area contributed by atoms with Gasteiger partial charge in [0.15, 0.2) is 0 Å². The number of nitrogens with one attached hydrogen (secondary N) is 1. The van der Waals surface area contributed by atoms with Crippen LogP contribution in [0.2, 0.25) is 0 Å². The Labute approximate surface area is 168 Å². The van der Waals surface area contributed by atoms with Gasteiger partial charge in [0, 0.05) is 25.6 Å². The molecule has 0 spiro atoms. The van der Waals surface area contributed by atoms with E-state index in [2.05, 4.69) is 15.5 Å². The molecular weight excluding hydrogens is 380 g/mol. The summed E-state index contributed by atoms with van der Waals surface area (Å²) in [6, 6.07) is 9.81. The van der Waals surface area contributed by atoms with E-state index in [1.54, 1.807) is 7.11 Å². The average Bonchev–Trinajstić information content (AvgIpc) is 3.12. The lowest BCUT2D eigenvalue weighted by Crippen LogP contribution is -2.56. The molecule has 2 heterocycles. The number of nitrogens with zero attached hydrogens (tertiary/aromatic N) is 3. The third-order valence-electron chi connectivity index (χ3n) is 5.03. The standard InChI is InChI=1S/C19H26N4O4S/c1-27-11-17-21-22-18(28-17)20-16(26)10-23-8-7-15(25)19(12-23,13-24)9-14-5-3-2-4-6-14/h2-6,15,24-25H,7-13H2,1H3,(H,20,22,26)/t15-,19+/m0/s1. The number of aliphatic hydroxyl groups excluding tert-OH is 2. The van der Waals surface area contributed by atoms with Crippen molar-refractivity contribution in [3.05, 3.63) is 40.9 Å². The number of hydrogen-bond donors (Lipinski definition) is 3. The molecule has 3 rings (SSSR count). The Morgan fingerprint density at radius 3 is 2.89 bits per heavy atom. The van der Waals surface area contributed by atoms with E-state index in [0.717, 1.165) is 5.56 Å². The molecule has 2 atom stereocenters. The number of carbonyl (C=O) groups excluding carboxylic acids is 1. The van der Waals surface area contributed by atoms with E-state index in [0.29, 0.717) is 42.7 Å². The van der Waals surface area contributed by atoms with Crippen molar-refractivity contribution >= 4 is 22.4 Å². The summed E-state index contributed by atoms with van der Waals surface area (Å²) >= 11 is 1.28. The molecule has 2 aromatic rings. The molecule has 1 amide bonds. The van der Waals surface area contributed by atoms with Crippen LogP contribution in [0.15, 0.2) is 30.3 Å². The van der Waals surface area contributed by atoms with Crippen molar-refractivity contribution < 1.29 is 19.7 Å². The van der Waals surface area contributed by atoms with Crippen LogP contribution in [0.1, 0.15) is 17.0 Å². The van der Waals surface area contributed by atoms with Gasteiger partial charge in [-0.2, -0.15) is 0 Å². The van der Waals surface area contributed by atoms with E-state index in [4.69, 9.17) is 4.74 Å². The van der Waals surface area contributed by atoms with Crippen LogP contribution in [0.4, 0.5) is 5.13 Å². The summed E-state index contributed by atoms with van der Waals surface area (Å²) in [4.78, 5) is 14.4. The van der Waals surface area contributed by atoms with Crippen molar-refractivity contribution in [3.8, 4) is 0 Å². The number of rotatable bonds is 8. The van der Waals surface area contributed by atoms with Gasteiger partial charge in [0.05, 0.1) is 19.3 Å². The average molecular weight is 407 g/mol. The van der Waals surface area contributed by atoms with Crippen molar-refractivity contribution in [2.45, 2.75) is 25.6 Å². The van der Waals surface area contributed by atoms with Crippen LogP contribution in [-0.2, 0) is 22.6 Å². The monoisotopic (exact) mass is 406 g/mol. The summed E-state index contributed by atoms with van der Waals surface area (Å²) in [7, 11) is 1.58. The number of aliphatic hydroxyl groups is 2. The molecule has 1 aliphatic rings. The number of ether oxygens (including phenoxy) is 1. The Balaban J connectivity index is 1.61. The molecule has 0 saturated carbocycles. The summed E-state index contributed by atoms with van der Waals surface area (Å²) in [6.07, 6.45) is 0.453. The van der Waals surface area contributed by atoms with E-state index in [1.165, 1.54) is 11.3 Å². The van der Waals surface area contributed by atoms with Crippen molar-refractivity contribution in [1.82, 2.24) is 15.1 Å². The SMILES string of the molecule is COCc1nnc(NC(=O)CN2CC[C@H](O)[C@](CO)(Cc3ccccc3)C2)s1. The molecule has 0 unspecified atom stereocenters. The second-order valence-electron chi connectivity index (χ2n) is 7.18. The second-order valence-corrected chi connectivity index (χ2v) is 8.24. The first kappa shape index (κ1) is 20.8. The number of likely N-dealkylation sites (tertiary alicyclic amines) is 1. The molecule has 152 valence electrons. The Hall–Kier alpha value is -1.91. The zero-order valence-corrected chi connectivity index (χ0v) is 16.7. The predicted molar refractivity (Wildman–Crippen MR) is 106 cm³/mol. The van der Waals surface area contributed by atoms with E-state index in [9.17, 15) is 15.0 Å². The van der Waals surface area contributed by atoms with E-state index < -0.39 is 11.5 Å². The molecule has 1 aliphatic heterocycles. The summed E-state index contributed by atoms with van der Waals surface area (Å²) in [5.74, 6) is -0.192. The fraction of sp³-hybridized carbons (Fsp3) is 0.526. The Morgan fingerprint density at radius 1 is 1.39 bits per heavy atom. The molecule has 0 radical (unpaired) electrons. The van der Waals surface area contributed by atoms with Crippen LogP contribution >= 0.6 is 11.3 Å². The van der Waals surface area contributed by atoms with E-state index >= 15 is 0 Å². The van der Waals surface area contributed by atoms with Crippen LogP contribution in [-0.4, -0.2) is 70.7 Å². The highest BCUT2D eigenvalue weighted by atomic mass is 32.1. The number of aromatic nitrogens is 2. The largest absolute Gasteiger partial charge is 0.396 e. The van der Waals surface area contributed by atoms with Gasteiger partial charge in [-0.25, -0.2) is 0 Å². The van der Waals surface area contributed by atoms with Gasteiger partial charge in [-0.3, -0.25) is 15.0 Å². The summed E-state index contributed by atoms with van der Waals surface area (Å²) < 4.78 is 5.00. The lowest BCUT2D eigenvalue weighted by atomic mass is 9.73. The number of amides is 1. The third kappa shape index (κ3) is 5.12. The molecule has 1 saturated heterocycles. The fourth-order valence-electron chi connectivity index (χ4n) is 3.61. The van der Waals surface area contributed by atoms with Crippen LogP contribution in [0.25, 0.3) is 0 Å². The first-order valence-corrected chi connectivity index (χ1v) is 10.0. The van der Waals surface area contributed by atoms with Crippen LogP contribution in [0.5, 0.6) is 0 Å². The number of hydrogen-bond acceptors (Lipinski definition) is 8. The van der Waals surface area contributed by atoms with Crippen molar-refractivity contribution in [3.63, 3.8) is 0 Å². The lowest BCUT2D eigenvalue weighted by Gasteiger charge is -2.45. The molecule has 28 heavy (non-hydrogen) atoms. The minimum absolute atomic E-state index is 0.141. The highest BCUT2D eigenvalue weighted by molar-refractivity contribution is 7.15. The quantitative estimate of drug-likeness (QED) is 0.598. The van der Waals surface area contributed by atoms with Crippen LogP contribution in [0.3, 0.4) is 0 Å². The van der Waals surface area contributed by atoms with Crippen LogP contribution < -0.4 is 5.32 Å². The highest BCUT2D eigenvalue weighted by Crippen LogP contribution is 2.33. The van der Waals surface area contributed by atoms with Gasteiger partial charge >= 0.3 is 0 Å². The maximum atomic E-state index is 12.4. The van der Waals surface area contributed by atoms with Gasteiger partial charge in [0.25, 0.3) is 0 Å². The first-order valence-electron chi connectivity index (χ1n) is 9.21. The van der Waals surface area contributed by atoms with Gasteiger partial charge in [0.2, 0.25) is 11.0 Å². The van der Waals surface area contributed by atoms with Crippen molar-refractivity contribution in [1.29, 1.82) is 0 Å². The number of piperidine rings is 1. The Morgan fingerprint density at radius 2 is 2.18 bits per heavy atom. The van der Waals surface area contributed by atoms with E-state index in [-0.39, 0.29) is 19.1 Å². The molecule has 1 fully saturated rings. The van der Waals surface area contributed by atoms with E-state index in [1.807, 2.05) is 35.2 Å². The number of benzene rings is 1. The molecule has 1 aromatic carbocycles. The van der Waals surface area contributed by atoms with Gasteiger partial charge < -0.3 is 14.9 Å². The summed E-state index contributed by atoms with van der Waals surface area (Å²) in [5, 5.41) is 32.5. The van der Waals surface area contributed by atoms with Crippen LogP contribution in [0, 0.1) is 5.41 Å². The number of carbonyl (C=O) groups is 1. The number of anilines is 1. The predicted octanol–water partition coefficient (Wildman–Crippen LogP) is 0.911. The summed E-state index contributed by atoms with van der Waals surface area (Å²) in [6.45, 7) is 1.42. The van der Waals surface area contributed by atoms with Gasteiger partial charge in [0.1, 0.15) is 11.6 Å². The normalized spacial score (nSPS) is 22.9. The topological polar surface area (TPSA) is 108 Å².